The van der Waals surface area contributed by atoms with Crippen LogP contribution in [-0.4, -0.2) is 36.6 Å². The molecule has 0 aliphatic heterocycles. The van der Waals surface area contributed by atoms with Crippen LogP contribution in [0, 0.1) is 6.92 Å². The van der Waals surface area contributed by atoms with Gasteiger partial charge < -0.3 is 16.0 Å². The molecule has 17 heavy (non-hydrogen) atoms. The van der Waals surface area contributed by atoms with Crippen LogP contribution in [-0.2, 0) is 0 Å². The second kappa shape index (κ2) is 7.06. The van der Waals surface area contributed by atoms with E-state index in [1.807, 2.05) is 24.9 Å². The fourth-order valence-electron chi connectivity index (χ4n) is 1.54. The number of hydrogen-bond acceptors (Lipinski definition) is 5. The number of anilines is 2. The van der Waals surface area contributed by atoms with Gasteiger partial charge in [-0.25, -0.2) is 9.97 Å². The smallest absolute Gasteiger partial charge is 0.134 e. The highest BCUT2D eigenvalue weighted by Gasteiger charge is 2.05. The molecule has 0 saturated carbocycles. The molecule has 0 fully saturated rings. The maximum absolute atomic E-state index is 5.54. The first-order chi connectivity index (χ1) is 8.17. The molecule has 0 bridgehead atoms. The molecule has 0 atom stereocenters. The predicted octanol–water partition coefficient (Wildman–Crippen LogP) is 1.39. The van der Waals surface area contributed by atoms with E-state index in [0.717, 1.165) is 37.0 Å². The highest BCUT2D eigenvalue weighted by Crippen LogP contribution is 2.14. The summed E-state index contributed by atoms with van der Waals surface area (Å²) in [6, 6.07) is 1.97. The molecule has 96 valence electrons. The normalized spacial score (nSPS) is 10.4. The van der Waals surface area contributed by atoms with E-state index in [-0.39, 0.29) is 0 Å². The van der Waals surface area contributed by atoms with Gasteiger partial charge in [0.2, 0.25) is 0 Å². The van der Waals surface area contributed by atoms with Crippen LogP contribution in [0.2, 0.25) is 0 Å². The second-order valence-electron chi connectivity index (χ2n) is 4.15. The maximum atomic E-state index is 5.54. The summed E-state index contributed by atoms with van der Waals surface area (Å²) in [5.74, 6) is 2.59. The van der Waals surface area contributed by atoms with Crippen molar-refractivity contribution in [1.29, 1.82) is 0 Å². The third kappa shape index (κ3) is 4.56. The lowest BCUT2D eigenvalue weighted by atomic mass is 10.3. The topological polar surface area (TPSA) is 67.1 Å². The van der Waals surface area contributed by atoms with Crippen molar-refractivity contribution in [3.05, 3.63) is 11.9 Å². The molecule has 0 aliphatic rings. The molecule has 0 unspecified atom stereocenters. The molecular formula is C12H23N5. The van der Waals surface area contributed by atoms with Gasteiger partial charge in [-0.3, -0.25) is 0 Å². The highest BCUT2D eigenvalue weighted by molar-refractivity contribution is 5.48. The summed E-state index contributed by atoms with van der Waals surface area (Å²) in [6.07, 6.45) is 2.33. The minimum Gasteiger partial charge on any atom is -0.370 e. The van der Waals surface area contributed by atoms with Gasteiger partial charge in [-0.2, -0.15) is 0 Å². The van der Waals surface area contributed by atoms with Crippen molar-refractivity contribution < 1.29 is 0 Å². The summed E-state index contributed by atoms with van der Waals surface area (Å²) >= 11 is 0. The Morgan fingerprint density at radius 2 is 2.18 bits per heavy atom. The zero-order chi connectivity index (χ0) is 12.7. The monoisotopic (exact) mass is 237 g/mol. The van der Waals surface area contributed by atoms with Gasteiger partial charge in [-0.05, 0) is 13.3 Å². The number of likely N-dealkylation sites (N-methyl/N-ethyl adjacent to an activating group) is 1. The molecule has 0 aromatic carbocycles. The van der Waals surface area contributed by atoms with Crippen LogP contribution in [0.3, 0.4) is 0 Å². The lowest BCUT2D eigenvalue weighted by Crippen LogP contribution is -2.26. The maximum Gasteiger partial charge on any atom is 0.134 e. The number of rotatable bonds is 7. The Kier molecular flexibility index (Phi) is 5.69. The molecule has 1 rings (SSSR count). The van der Waals surface area contributed by atoms with Crippen LogP contribution in [0.4, 0.5) is 11.6 Å². The minimum atomic E-state index is 0.623. The first-order valence-corrected chi connectivity index (χ1v) is 6.18. The van der Waals surface area contributed by atoms with Gasteiger partial charge in [-0.15, -0.1) is 0 Å². The molecule has 0 aliphatic carbocycles. The quantitative estimate of drug-likeness (QED) is 0.702. The number of aromatic nitrogens is 2. The molecule has 3 N–H and O–H groups in total. The van der Waals surface area contributed by atoms with Gasteiger partial charge in [0.1, 0.15) is 17.5 Å². The van der Waals surface area contributed by atoms with Gasteiger partial charge >= 0.3 is 0 Å². The van der Waals surface area contributed by atoms with E-state index in [9.17, 15) is 0 Å². The fourth-order valence-corrected chi connectivity index (χ4v) is 1.54. The molecule has 5 nitrogen and oxygen atoms in total. The SMILES string of the molecule is CCCCNc1cc(N(C)CCN)nc(C)n1. The first kappa shape index (κ1) is 13.7. The van der Waals surface area contributed by atoms with Gasteiger partial charge in [0.05, 0.1) is 0 Å². The summed E-state index contributed by atoms with van der Waals surface area (Å²) in [7, 11) is 1.99. The lowest BCUT2D eigenvalue weighted by Gasteiger charge is -2.18. The van der Waals surface area contributed by atoms with E-state index in [0.29, 0.717) is 6.54 Å². The average Bonchev–Trinajstić information content (AvgIpc) is 2.29. The van der Waals surface area contributed by atoms with E-state index in [2.05, 4.69) is 22.2 Å². The Balaban J connectivity index is 2.71. The van der Waals surface area contributed by atoms with E-state index in [1.165, 1.54) is 6.42 Å². The van der Waals surface area contributed by atoms with Crippen molar-refractivity contribution in [2.45, 2.75) is 26.7 Å². The van der Waals surface area contributed by atoms with E-state index in [1.54, 1.807) is 0 Å². The Hall–Kier alpha value is -1.36. The number of nitrogens with two attached hydrogens (primary N) is 1. The van der Waals surface area contributed by atoms with Crippen LogP contribution < -0.4 is 16.0 Å². The van der Waals surface area contributed by atoms with E-state index in [4.69, 9.17) is 5.73 Å². The lowest BCUT2D eigenvalue weighted by molar-refractivity contribution is 0.825. The molecular weight excluding hydrogens is 214 g/mol. The predicted molar refractivity (Wildman–Crippen MR) is 72.5 cm³/mol. The summed E-state index contributed by atoms with van der Waals surface area (Å²) < 4.78 is 0. The van der Waals surface area contributed by atoms with Crippen molar-refractivity contribution in [2.75, 3.05) is 36.9 Å². The number of hydrogen-bond donors (Lipinski definition) is 2. The molecule has 0 radical (unpaired) electrons. The molecule has 5 heteroatoms. The second-order valence-corrected chi connectivity index (χ2v) is 4.15. The Morgan fingerprint density at radius 3 is 2.82 bits per heavy atom. The van der Waals surface area contributed by atoms with Crippen LogP contribution in [0.5, 0.6) is 0 Å². The van der Waals surface area contributed by atoms with Crippen molar-refractivity contribution in [3.8, 4) is 0 Å². The van der Waals surface area contributed by atoms with Gasteiger partial charge in [-0.1, -0.05) is 13.3 Å². The number of unbranched alkanes of at least 4 members (excludes halogenated alkanes) is 1. The summed E-state index contributed by atoms with van der Waals surface area (Å²) in [4.78, 5) is 10.8. The molecule has 1 aromatic heterocycles. The largest absolute Gasteiger partial charge is 0.370 e. The molecule has 0 saturated heterocycles. The van der Waals surface area contributed by atoms with Crippen LogP contribution >= 0.6 is 0 Å². The summed E-state index contributed by atoms with van der Waals surface area (Å²) in [5.41, 5.74) is 5.54. The Bertz CT molecular complexity index is 340. The number of nitrogens with zero attached hydrogens (tertiary/aromatic N) is 3. The Labute approximate surface area is 103 Å². The third-order valence-corrected chi connectivity index (χ3v) is 2.52. The van der Waals surface area contributed by atoms with Crippen molar-refractivity contribution in [2.24, 2.45) is 5.73 Å². The van der Waals surface area contributed by atoms with E-state index >= 15 is 0 Å². The van der Waals surface area contributed by atoms with Gasteiger partial charge in [0.25, 0.3) is 0 Å². The van der Waals surface area contributed by atoms with Crippen molar-refractivity contribution >= 4 is 11.6 Å². The number of aryl methyl sites for hydroxylation is 1. The third-order valence-electron chi connectivity index (χ3n) is 2.52. The average molecular weight is 237 g/mol. The standard InChI is InChI=1S/C12H23N5/c1-4-5-7-14-11-9-12(16-10(2)15-11)17(3)8-6-13/h9H,4-8,13H2,1-3H3,(H,14,15,16). The minimum absolute atomic E-state index is 0.623. The Morgan fingerprint density at radius 1 is 1.41 bits per heavy atom. The zero-order valence-corrected chi connectivity index (χ0v) is 11.0. The zero-order valence-electron chi connectivity index (χ0n) is 11.0. The van der Waals surface area contributed by atoms with Gasteiger partial charge in [0, 0.05) is 32.7 Å². The van der Waals surface area contributed by atoms with Gasteiger partial charge in [0.15, 0.2) is 0 Å². The van der Waals surface area contributed by atoms with Crippen molar-refractivity contribution in [1.82, 2.24) is 9.97 Å². The number of nitrogens with one attached hydrogen (secondary N) is 1. The van der Waals surface area contributed by atoms with Crippen LogP contribution in [0.15, 0.2) is 6.07 Å². The van der Waals surface area contributed by atoms with Crippen LogP contribution in [0.1, 0.15) is 25.6 Å². The molecule has 1 heterocycles. The first-order valence-electron chi connectivity index (χ1n) is 6.18. The van der Waals surface area contributed by atoms with Crippen molar-refractivity contribution in [3.63, 3.8) is 0 Å². The summed E-state index contributed by atoms with van der Waals surface area (Å²) in [5, 5.41) is 3.31. The molecule has 0 spiro atoms. The van der Waals surface area contributed by atoms with Crippen LogP contribution in [0.25, 0.3) is 0 Å². The molecule has 1 aromatic rings. The highest BCUT2D eigenvalue weighted by atomic mass is 15.2. The summed E-state index contributed by atoms with van der Waals surface area (Å²) in [6.45, 7) is 6.45. The fraction of sp³-hybridized carbons (Fsp3) is 0.667. The van der Waals surface area contributed by atoms with E-state index < -0.39 is 0 Å². The molecule has 0 amide bonds.